The maximum Gasteiger partial charge on any atom is 0.279 e. The first-order valence-electron chi connectivity index (χ1n) is 6.93. The van der Waals surface area contributed by atoms with Crippen LogP contribution in [0, 0.1) is 12.7 Å². The highest BCUT2D eigenvalue weighted by Crippen LogP contribution is 2.39. The van der Waals surface area contributed by atoms with Crippen molar-refractivity contribution in [2.75, 3.05) is 5.32 Å². The third kappa shape index (κ3) is 2.37. The lowest BCUT2D eigenvalue weighted by molar-refractivity contribution is 0.102. The van der Waals surface area contributed by atoms with Crippen LogP contribution in [0.2, 0.25) is 0 Å². The molecule has 1 aliphatic rings. The molecule has 0 unspecified atom stereocenters. The summed E-state index contributed by atoms with van der Waals surface area (Å²) in [5.74, 6) is 0.327. The van der Waals surface area contributed by atoms with Crippen LogP contribution in [-0.2, 0) is 0 Å². The van der Waals surface area contributed by atoms with Crippen molar-refractivity contribution >= 4 is 32.6 Å². The molecule has 1 amide bonds. The lowest BCUT2D eigenvalue weighted by Crippen LogP contribution is -2.12. The summed E-state index contributed by atoms with van der Waals surface area (Å²) >= 11 is 1.23. The molecule has 1 aliphatic carbocycles. The number of nitrogens with zero attached hydrogens (tertiary/aromatic N) is 2. The normalized spacial score (nSPS) is 14.5. The average Bonchev–Trinajstić information content (AvgIpc) is 3.08. The van der Waals surface area contributed by atoms with Crippen molar-refractivity contribution in [2.45, 2.75) is 25.7 Å². The predicted molar refractivity (Wildman–Crippen MR) is 80.7 cm³/mol. The summed E-state index contributed by atoms with van der Waals surface area (Å²) in [4.78, 5) is 20.6. The summed E-state index contributed by atoms with van der Waals surface area (Å²) in [6.45, 7) is 1.68. The van der Waals surface area contributed by atoms with Crippen molar-refractivity contribution in [2.24, 2.45) is 0 Å². The molecule has 4 rings (SSSR count). The molecule has 1 fully saturated rings. The number of carbonyl (C=O) groups is 1. The number of carbonyl (C=O) groups excluding carboxylic acids is 1. The molecular formula is C15H12FN3O2S. The Balaban J connectivity index is 1.57. The number of benzene rings is 1. The van der Waals surface area contributed by atoms with Crippen molar-refractivity contribution in [3.8, 4) is 0 Å². The summed E-state index contributed by atoms with van der Waals surface area (Å²) in [5.41, 5.74) is 1.43. The Labute approximate surface area is 129 Å². The van der Waals surface area contributed by atoms with Crippen LogP contribution in [0.4, 0.5) is 9.52 Å². The molecule has 7 heteroatoms. The van der Waals surface area contributed by atoms with E-state index in [0.717, 1.165) is 12.8 Å². The maximum absolute atomic E-state index is 13.5. The van der Waals surface area contributed by atoms with Gasteiger partial charge in [-0.05, 0) is 37.5 Å². The Morgan fingerprint density at radius 2 is 2.23 bits per heavy atom. The van der Waals surface area contributed by atoms with E-state index < -0.39 is 0 Å². The van der Waals surface area contributed by atoms with Gasteiger partial charge in [-0.3, -0.25) is 10.1 Å². The number of aryl methyl sites for hydroxylation is 1. The van der Waals surface area contributed by atoms with Crippen molar-refractivity contribution in [1.82, 2.24) is 9.97 Å². The summed E-state index contributed by atoms with van der Waals surface area (Å²) in [6.07, 6.45) is 3.48. The van der Waals surface area contributed by atoms with E-state index in [1.54, 1.807) is 13.0 Å². The lowest BCUT2D eigenvalue weighted by Gasteiger charge is -1.95. The molecule has 5 nitrogen and oxygen atoms in total. The van der Waals surface area contributed by atoms with Gasteiger partial charge in [0.15, 0.2) is 16.7 Å². The fourth-order valence-electron chi connectivity index (χ4n) is 2.18. The predicted octanol–water partition coefficient (Wildman–Crippen LogP) is 3.86. The molecule has 3 aromatic rings. The Bertz CT molecular complexity index is 843. The first-order valence-corrected chi connectivity index (χ1v) is 7.75. The van der Waals surface area contributed by atoms with Crippen LogP contribution >= 0.6 is 11.3 Å². The van der Waals surface area contributed by atoms with Crippen LogP contribution in [0.3, 0.4) is 0 Å². The van der Waals surface area contributed by atoms with E-state index in [4.69, 9.17) is 4.42 Å². The van der Waals surface area contributed by atoms with Gasteiger partial charge in [0.25, 0.3) is 5.91 Å². The molecule has 0 atom stereocenters. The number of aromatic nitrogens is 2. The Morgan fingerprint density at radius 3 is 3.00 bits per heavy atom. The molecule has 0 bridgehead atoms. The molecule has 2 aromatic heterocycles. The highest BCUT2D eigenvalue weighted by atomic mass is 32.1. The van der Waals surface area contributed by atoms with Crippen molar-refractivity contribution in [3.63, 3.8) is 0 Å². The first-order chi connectivity index (χ1) is 10.6. The Hall–Kier alpha value is -2.28. The number of oxazole rings is 1. The van der Waals surface area contributed by atoms with Gasteiger partial charge in [0, 0.05) is 5.92 Å². The minimum absolute atomic E-state index is 0.239. The molecule has 0 spiro atoms. The smallest absolute Gasteiger partial charge is 0.279 e. The van der Waals surface area contributed by atoms with Crippen molar-refractivity contribution < 1.29 is 13.6 Å². The van der Waals surface area contributed by atoms with Gasteiger partial charge in [-0.2, -0.15) is 0 Å². The van der Waals surface area contributed by atoms with E-state index in [9.17, 15) is 9.18 Å². The van der Waals surface area contributed by atoms with E-state index in [1.165, 1.54) is 23.7 Å². The monoisotopic (exact) mass is 317 g/mol. The number of halogens is 1. The molecule has 1 N–H and O–H groups in total. The van der Waals surface area contributed by atoms with E-state index in [0.29, 0.717) is 32.7 Å². The molecule has 1 saturated carbocycles. The second-order valence-electron chi connectivity index (χ2n) is 5.39. The molecular weight excluding hydrogens is 305 g/mol. The van der Waals surface area contributed by atoms with E-state index in [-0.39, 0.29) is 17.4 Å². The van der Waals surface area contributed by atoms with Gasteiger partial charge in [0.2, 0.25) is 0 Å². The minimum Gasteiger partial charge on any atom is -0.448 e. The largest absolute Gasteiger partial charge is 0.448 e. The van der Waals surface area contributed by atoms with Crippen LogP contribution in [0.5, 0.6) is 0 Å². The number of fused-ring (bicyclic) bond motifs is 1. The molecule has 0 saturated heterocycles. The molecule has 0 radical (unpaired) electrons. The van der Waals surface area contributed by atoms with Crippen LogP contribution in [0.25, 0.3) is 10.2 Å². The zero-order valence-electron chi connectivity index (χ0n) is 11.7. The van der Waals surface area contributed by atoms with E-state index in [2.05, 4.69) is 15.3 Å². The summed E-state index contributed by atoms with van der Waals surface area (Å²) in [6, 6.07) is 3.09. The summed E-state index contributed by atoms with van der Waals surface area (Å²) in [5, 5.41) is 3.10. The topological polar surface area (TPSA) is 68.0 Å². The SMILES string of the molecule is Cc1cc2nc(NC(=O)c3coc(C4CC4)n3)sc2cc1F. The molecule has 2 heterocycles. The van der Waals surface area contributed by atoms with Crippen LogP contribution in [-0.4, -0.2) is 15.9 Å². The van der Waals surface area contributed by atoms with E-state index >= 15 is 0 Å². The van der Waals surface area contributed by atoms with Crippen LogP contribution in [0.15, 0.2) is 22.8 Å². The number of thiazole rings is 1. The highest BCUT2D eigenvalue weighted by Gasteiger charge is 2.29. The standard InChI is InChI=1S/C15H12FN3O2S/c1-7-4-10-12(5-9(7)16)22-15(18-10)19-13(20)11-6-21-14(17-11)8-2-3-8/h4-6,8H,2-3H2,1H3,(H,18,19,20). The quantitative estimate of drug-likeness (QED) is 0.796. The number of nitrogens with one attached hydrogen (secondary N) is 1. The third-order valence-corrected chi connectivity index (χ3v) is 4.50. The lowest BCUT2D eigenvalue weighted by atomic mass is 10.2. The van der Waals surface area contributed by atoms with Gasteiger partial charge < -0.3 is 4.42 Å². The van der Waals surface area contributed by atoms with Gasteiger partial charge >= 0.3 is 0 Å². The number of hydrogen-bond acceptors (Lipinski definition) is 5. The van der Waals surface area contributed by atoms with Crippen LogP contribution in [0.1, 0.15) is 40.7 Å². The summed E-state index contributed by atoms with van der Waals surface area (Å²) in [7, 11) is 0. The second-order valence-corrected chi connectivity index (χ2v) is 6.42. The zero-order valence-corrected chi connectivity index (χ0v) is 12.5. The number of rotatable bonds is 3. The van der Waals surface area contributed by atoms with Gasteiger partial charge in [0.1, 0.15) is 12.1 Å². The second kappa shape index (κ2) is 4.88. The number of hydrogen-bond donors (Lipinski definition) is 1. The minimum atomic E-state index is -0.369. The van der Waals surface area contributed by atoms with Gasteiger partial charge in [-0.1, -0.05) is 11.3 Å². The van der Waals surface area contributed by atoms with Crippen molar-refractivity contribution in [3.05, 3.63) is 41.4 Å². The molecule has 0 aliphatic heterocycles. The Kier molecular flexibility index (Phi) is 2.97. The highest BCUT2D eigenvalue weighted by molar-refractivity contribution is 7.22. The van der Waals surface area contributed by atoms with Gasteiger partial charge in [0.05, 0.1) is 10.2 Å². The number of amides is 1. The van der Waals surface area contributed by atoms with Gasteiger partial charge in [-0.15, -0.1) is 0 Å². The van der Waals surface area contributed by atoms with E-state index in [1.807, 2.05) is 0 Å². The molecule has 1 aromatic carbocycles. The third-order valence-electron chi connectivity index (χ3n) is 3.57. The molecule has 22 heavy (non-hydrogen) atoms. The number of anilines is 1. The maximum atomic E-state index is 13.5. The zero-order chi connectivity index (χ0) is 15.3. The summed E-state index contributed by atoms with van der Waals surface area (Å²) < 4.78 is 19.5. The Morgan fingerprint density at radius 1 is 1.41 bits per heavy atom. The average molecular weight is 317 g/mol. The van der Waals surface area contributed by atoms with Gasteiger partial charge in [-0.25, -0.2) is 14.4 Å². The fourth-order valence-corrected chi connectivity index (χ4v) is 3.05. The fraction of sp³-hybridized carbons (Fsp3) is 0.267. The molecule has 112 valence electrons. The van der Waals surface area contributed by atoms with Crippen molar-refractivity contribution in [1.29, 1.82) is 0 Å². The van der Waals surface area contributed by atoms with Crippen LogP contribution < -0.4 is 5.32 Å². The first kappa shape index (κ1) is 13.4.